The molecule has 4 nitrogen and oxygen atoms in total. The molecule has 1 unspecified atom stereocenters. The average Bonchev–Trinajstić information content (AvgIpc) is 2.93. The Morgan fingerprint density at radius 1 is 1.25 bits per heavy atom. The van der Waals surface area contributed by atoms with Crippen LogP contribution >= 0.6 is 0 Å². The molecule has 0 spiro atoms. The van der Waals surface area contributed by atoms with Crippen molar-refractivity contribution < 1.29 is 4.74 Å². The molecule has 0 aliphatic carbocycles. The van der Waals surface area contributed by atoms with Gasteiger partial charge in [-0.3, -0.25) is 0 Å². The number of rotatable bonds is 7. The molecule has 0 saturated heterocycles. The van der Waals surface area contributed by atoms with Crippen molar-refractivity contribution in [3.8, 4) is 5.75 Å². The minimum absolute atomic E-state index is 0.297. The Labute approximate surface area is 120 Å². The van der Waals surface area contributed by atoms with Gasteiger partial charge in [0.05, 0.1) is 18.6 Å². The maximum Gasteiger partial charge on any atom is 0.119 e. The van der Waals surface area contributed by atoms with E-state index >= 15 is 0 Å². The molecule has 108 valence electrons. The fourth-order valence-electron chi connectivity index (χ4n) is 2.17. The molecule has 4 heteroatoms. The molecule has 0 radical (unpaired) electrons. The van der Waals surface area contributed by atoms with Gasteiger partial charge in [-0.15, -0.1) is 0 Å². The van der Waals surface area contributed by atoms with Crippen LogP contribution in [0.4, 0.5) is 0 Å². The number of hydrogen-bond donors (Lipinski definition) is 1. The molecule has 0 saturated carbocycles. The molecule has 2 rings (SSSR count). The third kappa shape index (κ3) is 3.61. The van der Waals surface area contributed by atoms with Crippen LogP contribution in [-0.4, -0.2) is 16.2 Å². The topological polar surface area (TPSA) is 39.1 Å². The standard InChI is InChI=1S/C16H23N3O/c1-4-19-12-17-10-15(19)11-18-13(3)14-6-8-16(9-7-14)20-5-2/h6-10,12-13,18H,4-5,11H2,1-3H3. The Morgan fingerprint density at radius 2 is 2.00 bits per heavy atom. The van der Waals surface area contributed by atoms with Crippen molar-refractivity contribution in [1.82, 2.24) is 14.9 Å². The summed E-state index contributed by atoms with van der Waals surface area (Å²) < 4.78 is 7.61. The number of hydrogen-bond acceptors (Lipinski definition) is 3. The van der Waals surface area contributed by atoms with Crippen LogP contribution in [0.25, 0.3) is 0 Å². The van der Waals surface area contributed by atoms with Crippen LogP contribution in [0.5, 0.6) is 5.75 Å². The summed E-state index contributed by atoms with van der Waals surface area (Å²) >= 11 is 0. The number of benzene rings is 1. The summed E-state index contributed by atoms with van der Waals surface area (Å²) in [6.07, 6.45) is 3.79. The Kier molecular flexibility index (Phi) is 5.18. The number of imidazole rings is 1. The van der Waals surface area contributed by atoms with Crippen molar-refractivity contribution in [3.63, 3.8) is 0 Å². The second-order valence-corrected chi connectivity index (χ2v) is 4.78. The second-order valence-electron chi connectivity index (χ2n) is 4.78. The lowest BCUT2D eigenvalue weighted by Gasteiger charge is -2.15. The summed E-state index contributed by atoms with van der Waals surface area (Å²) in [5.41, 5.74) is 2.47. The Bertz CT molecular complexity index is 519. The van der Waals surface area contributed by atoms with E-state index in [0.29, 0.717) is 12.6 Å². The molecule has 1 aromatic heterocycles. The highest BCUT2D eigenvalue weighted by molar-refractivity contribution is 5.28. The summed E-state index contributed by atoms with van der Waals surface area (Å²) in [5.74, 6) is 0.924. The van der Waals surface area contributed by atoms with Crippen molar-refractivity contribution in [2.24, 2.45) is 0 Å². The highest BCUT2D eigenvalue weighted by atomic mass is 16.5. The van der Waals surface area contributed by atoms with Gasteiger partial charge in [-0.1, -0.05) is 12.1 Å². The molecular weight excluding hydrogens is 250 g/mol. The molecule has 0 aliphatic heterocycles. The van der Waals surface area contributed by atoms with Gasteiger partial charge in [0.15, 0.2) is 0 Å². The summed E-state index contributed by atoms with van der Waals surface area (Å²) in [6.45, 7) is 8.77. The molecule has 1 heterocycles. The van der Waals surface area contributed by atoms with Crippen LogP contribution in [0.2, 0.25) is 0 Å². The first-order valence-corrected chi connectivity index (χ1v) is 7.19. The average molecular weight is 273 g/mol. The summed E-state index contributed by atoms with van der Waals surface area (Å²) in [7, 11) is 0. The first-order valence-electron chi connectivity index (χ1n) is 7.19. The van der Waals surface area contributed by atoms with Crippen molar-refractivity contribution in [2.45, 2.75) is 39.9 Å². The maximum atomic E-state index is 5.46. The summed E-state index contributed by atoms with van der Waals surface area (Å²) in [5, 5.41) is 3.53. The van der Waals surface area contributed by atoms with E-state index in [1.54, 1.807) is 0 Å². The molecule has 1 atom stereocenters. The largest absolute Gasteiger partial charge is 0.494 e. The quantitative estimate of drug-likeness (QED) is 0.842. The third-order valence-electron chi connectivity index (χ3n) is 3.42. The first kappa shape index (κ1) is 14.6. The minimum atomic E-state index is 0.297. The maximum absolute atomic E-state index is 5.46. The van der Waals surface area contributed by atoms with Gasteiger partial charge in [0.25, 0.3) is 0 Å². The Hall–Kier alpha value is -1.81. The zero-order valence-corrected chi connectivity index (χ0v) is 12.5. The van der Waals surface area contributed by atoms with Gasteiger partial charge in [-0.25, -0.2) is 4.98 Å². The predicted octanol–water partition coefficient (Wildman–Crippen LogP) is 3.15. The molecule has 0 aliphatic rings. The Balaban J connectivity index is 1.92. The van der Waals surface area contributed by atoms with E-state index in [1.165, 1.54) is 11.3 Å². The van der Waals surface area contributed by atoms with Crippen LogP contribution in [-0.2, 0) is 13.1 Å². The molecule has 0 amide bonds. The molecule has 2 aromatic rings. The van der Waals surface area contributed by atoms with Gasteiger partial charge in [-0.05, 0) is 38.5 Å². The molecule has 0 fully saturated rings. The van der Waals surface area contributed by atoms with Gasteiger partial charge < -0.3 is 14.6 Å². The van der Waals surface area contributed by atoms with Crippen LogP contribution in [0.3, 0.4) is 0 Å². The van der Waals surface area contributed by atoms with E-state index in [9.17, 15) is 0 Å². The van der Waals surface area contributed by atoms with Crippen LogP contribution in [0.1, 0.15) is 38.1 Å². The second kappa shape index (κ2) is 7.10. The van der Waals surface area contributed by atoms with Crippen molar-refractivity contribution in [3.05, 3.63) is 48.0 Å². The van der Waals surface area contributed by atoms with E-state index in [2.05, 4.69) is 40.8 Å². The number of ether oxygens (including phenoxy) is 1. The number of nitrogens with one attached hydrogen (secondary N) is 1. The summed E-state index contributed by atoms with van der Waals surface area (Å²) in [6, 6.07) is 8.56. The lowest BCUT2D eigenvalue weighted by Crippen LogP contribution is -2.19. The summed E-state index contributed by atoms with van der Waals surface area (Å²) in [4.78, 5) is 4.18. The van der Waals surface area contributed by atoms with Crippen molar-refractivity contribution in [2.75, 3.05) is 6.61 Å². The highest BCUT2D eigenvalue weighted by Gasteiger charge is 2.07. The van der Waals surface area contributed by atoms with Crippen molar-refractivity contribution in [1.29, 1.82) is 0 Å². The number of aromatic nitrogens is 2. The van der Waals surface area contributed by atoms with Crippen LogP contribution in [0.15, 0.2) is 36.8 Å². The lowest BCUT2D eigenvalue weighted by atomic mass is 10.1. The smallest absolute Gasteiger partial charge is 0.119 e. The monoisotopic (exact) mass is 273 g/mol. The SMILES string of the molecule is CCOc1ccc(C(C)NCc2cncn2CC)cc1. The molecule has 0 bridgehead atoms. The highest BCUT2D eigenvalue weighted by Crippen LogP contribution is 2.18. The van der Waals surface area contributed by atoms with Gasteiger partial charge in [0.1, 0.15) is 5.75 Å². The fourth-order valence-corrected chi connectivity index (χ4v) is 2.17. The van der Waals surface area contributed by atoms with Gasteiger partial charge in [0.2, 0.25) is 0 Å². The van der Waals surface area contributed by atoms with E-state index < -0.39 is 0 Å². The van der Waals surface area contributed by atoms with Crippen LogP contribution in [0, 0.1) is 0 Å². The predicted molar refractivity (Wildman–Crippen MR) is 80.8 cm³/mol. The normalized spacial score (nSPS) is 12.3. The zero-order chi connectivity index (χ0) is 14.4. The minimum Gasteiger partial charge on any atom is -0.494 e. The van der Waals surface area contributed by atoms with Gasteiger partial charge in [0, 0.05) is 25.3 Å². The fraction of sp³-hybridized carbons (Fsp3) is 0.438. The Morgan fingerprint density at radius 3 is 2.65 bits per heavy atom. The lowest BCUT2D eigenvalue weighted by molar-refractivity contribution is 0.340. The van der Waals surface area contributed by atoms with E-state index in [-0.39, 0.29) is 0 Å². The van der Waals surface area contributed by atoms with E-state index in [4.69, 9.17) is 4.74 Å². The molecule has 1 aromatic carbocycles. The van der Waals surface area contributed by atoms with Gasteiger partial charge >= 0.3 is 0 Å². The number of nitrogens with zero attached hydrogens (tertiary/aromatic N) is 2. The molecule has 1 N–H and O–H groups in total. The molecular formula is C16H23N3O. The molecule has 20 heavy (non-hydrogen) atoms. The van der Waals surface area contributed by atoms with E-state index in [0.717, 1.165) is 18.8 Å². The number of aryl methyl sites for hydroxylation is 1. The van der Waals surface area contributed by atoms with Gasteiger partial charge in [-0.2, -0.15) is 0 Å². The van der Waals surface area contributed by atoms with Crippen molar-refractivity contribution >= 4 is 0 Å². The van der Waals surface area contributed by atoms with E-state index in [1.807, 2.05) is 31.6 Å². The zero-order valence-electron chi connectivity index (χ0n) is 12.5. The van der Waals surface area contributed by atoms with Crippen LogP contribution < -0.4 is 10.1 Å². The first-order chi connectivity index (χ1) is 9.74. The third-order valence-corrected chi connectivity index (χ3v) is 3.42.